The van der Waals surface area contributed by atoms with Crippen molar-refractivity contribution in [3.05, 3.63) is 42.0 Å². The van der Waals surface area contributed by atoms with E-state index in [1.54, 1.807) is 24.5 Å². The second-order valence-corrected chi connectivity index (χ2v) is 5.77. The van der Waals surface area contributed by atoms with E-state index in [0.717, 1.165) is 24.3 Å². The van der Waals surface area contributed by atoms with Crippen LogP contribution in [0.5, 0.6) is 0 Å². The summed E-state index contributed by atoms with van der Waals surface area (Å²) in [6, 6.07) is 4.78. The summed E-state index contributed by atoms with van der Waals surface area (Å²) in [7, 11) is 0. The Morgan fingerprint density at radius 1 is 1.43 bits per heavy atom. The highest BCUT2D eigenvalue weighted by Crippen LogP contribution is 2.38. The van der Waals surface area contributed by atoms with Gasteiger partial charge in [-0.05, 0) is 36.5 Å². The Balaban J connectivity index is 1.84. The van der Waals surface area contributed by atoms with Crippen molar-refractivity contribution in [2.45, 2.75) is 38.0 Å². The summed E-state index contributed by atoms with van der Waals surface area (Å²) in [4.78, 5) is 5.79. The minimum atomic E-state index is -0.759. The molecule has 3 N–H and O–H groups in total. The number of nitrogen functional groups attached to an aromatic ring is 1. The molecule has 0 bridgehead atoms. The first-order valence-electron chi connectivity index (χ1n) is 7.35. The van der Waals surface area contributed by atoms with Gasteiger partial charge in [0.15, 0.2) is 6.23 Å². The van der Waals surface area contributed by atoms with Crippen LogP contribution in [0.3, 0.4) is 0 Å². The lowest BCUT2D eigenvalue weighted by atomic mass is 9.98. The summed E-state index contributed by atoms with van der Waals surface area (Å²) in [6.07, 6.45) is 8.77. The summed E-state index contributed by atoms with van der Waals surface area (Å²) < 4.78 is 13.4. The quantitative estimate of drug-likeness (QED) is 0.819. The Morgan fingerprint density at radius 3 is 2.90 bits per heavy atom. The first kappa shape index (κ1) is 14.1. The molecule has 2 unspecified atom stereocenters. The molecule has 1 saturated carbocycles. The predicted octanol–water partition coefficient (Wildman–Crippen LogP) is 2.82. The van der Waals surface area contributed by atoms with Gasteiger partial charge >= 0.3 is 0 Å². The zero-order valence-electron chi connectivity index (χ0n) is 11.8. The van der Waals surface area contributed by atoms with Gasteiger partial charge in [0.05, 0.1) is 17.9 Å². The van der Waals surface area contributed by atoms with Crippen LogP contribution in [-0.2, 0) is 0 Å². The van der Waals surface area contributed by atoms with Crippen molar-refractivity contribution in [3.8, 4) is 0 Å². The van der Waals surface area contributed by atoms with Crippen LogP contribution >= 0.6 is 0 Å². The molecule has 5 heteroatoms. The highest BCUT2D eigenvalue weighted by atomic mass is 19.1. The Bertz CT molecular complexity index is 569. The van der Waals surface area contributed by atoms with Crippen molar-refractivity contribution in [2.24, 2.45) is 10.9 Å². The number of hydrogen-bond donors (Lipinski definition) is 2. The molecule has 1 aliphatic heterocycles. The lowest BCUT2D eigenvalue weighted by Crippen LogP contribution is -2.36. The summed E-state index contributed by atoms with van der Waals surface area (Å²) in [6.45, 7) is 0. The SMILES string of the molecule is Nc1cc(C(CCC2CC2)N2C=CN=CC2O)ccc1F. The number of anilines is 1. The first-order valence-corrected chi connectivity index (χ1v) is 7.35. The second kappa shape index (κ2) is 5.85. The Labute approximate surface area is 123 Å². The summed E-state index contributed by atoms with van der Waals surface area (Å²) in [5, 5.41) is 10.1. The van der Waals surface area contributed by atoms with Gasteiger partial charge in [0, 0.05) is 12.4 Å². The predicted molar refractivity (Wildman–Crippen MR) is 81.0 cm³/mol. The largest absolute Gasteiger partial charge is 0.396 e. The molecular formula is C16H20FN3O. The van der Waals surface area contributed by atoms with Gasteiger partial charge in [0.1, 0.15) is 5.82 Å². The maximum Gasteiger partial charge on any atom is 0.163 e. The molecule has 0 aromatic heterocycles. The lowest BCUT2D eigenvalue weighted by Gasteiger charge is -2.34. The Hall–Kier alpha value is -1.88. The number of aliphatic hydroxyl groups excluding tert-OH is 1. The number of rotatable bonds is 5. The first-order chi connectivity index (χ1) is 10.1. The fourth-order valence-electron chi connectivity index (χ4n) is 2.75. The molecule has 0 spiro atoms. The van der Waals surface area contributed by atoms with E-state index in [0.29, 0.717) is 0 Å². The molecule has 2 aliphatic rings. The number of hydrogen-bond acceptors (Lipinski definition) is 4. The maximum atomic E-state index is 13.4. The van der Waals surface area contributed by atoms with E-state index >= 15 is 0 Å². The van der Waals surface area contributed by atoms with Crippen LogP contribution in [0.1, 0.15) is 37.3 Å². The molecule has 4 nitrogen and oxygen atoms in total. The monoisotopic (exact) mass is 289 g/mol. The van der Waals surface area contributed by atoms with Gasteiger partial charge in [0.25, 0.3) is 0 Å². The van der Waals surface area contributed by atoms with Crippen LogP contribution in [0.15, 0.2) is 35.6 Å². The number of aliphatic imine (C=N–C) groups is 1. The van der Waals surface area contributed by atoms with E-state index in [2.05, 4.69) is 4.99 Å². The van der Waals surface area contributed by atoms with E-state index in [4.69, 9.17) is 5.73 Å². The number of benzene rings is 1. The van der Waals surface area contributed by atoms with E-state index < -0.39 is 12.0 Å². The zero-order chi connectivity index (χ0) is 14.8. The highest BCUT2D eigenvalue weighted by molar-refractivity contribution is 5.64. The van der Waals surface area contributed by atoms with Crippen molar-refractivity contribution < 1.29 is 9.50 Å². The minimum absolute atomic E-state index is 0.0218. The molecule has 21 heavy (non-hydrogen) atoms. The van der Waals surface area contributed by atoms with Crippen LogP contribution in [0.4, 0.5) is 10.1 Å². The van der Waals surface area contributed by atoms with Crippen molar-refractivity contribution in [2.75, 3.05) is 5.73 Å². The van der Waals surface area contributed by atoms with Crippen LogP contribution in [0.25, 0.3) is 0 Å². The summed E-state index contributed by atoms with van der Waals surface area (Å²) in [5.74, 6) is 0.390. The van der Waals surface area contributed by atoms with E-state index in [9.17, 15) is 9.50 Å². The molecule has 112 valence electrons. The molecule has 1 heterocycles. The minimum Gasteiger partial charge on any atom is -0.396 e. The number of halogens is 1. The van der Waals surface area contributed by atoms with Crippen molar-refractivity contribution in [1.82, 2.24) is 4.90 Å². The van der Waals surface area contributed by atoms with E-state index in [1.165, 1.54) is 25.1 Å². The molecule has 0 radical (unpaired) electrons. The third-order valence-corrected chi connectivity index (χ3v) is 4.16. The van der Waals surface area contributed by atoms with Crippen molar-refractivity contribution in [1.29, 1.82) is 0 Å². The molecule has 2 atom stereocenters. The standard InChI is InChI=1S/C16H20FN3O/c17-13-5-4-12(9-14(13)18)15(6-3-11-1-2-11)20-8-7-19-10-16(20)21/h4-5,7-11,15-16,21H,1-3,6,18H2. The zero-order valence-corrected chi connectivity index (χ0v) is 11.8. The average molecular weight is 289 g/mol. The van der Waals surface area contributed by atoms with Crippen molar-refractivity contribution >= 4 is 11.9 Å². The third-order valence-electron chi connectivity index (χ3n) is 4.16. The van der Waals surface area contributed by atoms with Gasteiger partial charge in [0.2, 0.25) is 0 Å². The van der Waals surface area contributed by atoms with Gasteiger partial charge in [-0.15, -0.1) is 0 Å². The topological polar surface area (TPSA) is 61.8 Å². The van der Waals surface area contributed by atoms with E-state index in [-0.39, 0.29) is 11.7 Å². The molecular weight excluding hydrogens is 269 g/mol. The highest BCUT2D eigenvalue weighted by Gasteiger charge is 2.28. The van der Waals surface area contributed by atoms with Crippen LogP contribution < -0.4 is 5.73 Å². The lowest BCUT2D eigenvalue weighted by molar-refractivity contribution is 0.0602. The Morgan fingerprint density at radius 2 is 2.24 bits per heavy atom. The molecule has 1 aliphatic carbocycles. The molecule has 0 amide bonds. The van der Waals surface area contributed by atoms with Crippen molar-refractivity contribution in [3.63, 3.8) is 0 Å². The fourth-order valence-corrected chi connectivity index (χ4v) is 2.75. The van der Waals surface area contributed by atoms with Crippen LogP contribution in [0, 0.1) is 11.7 Å². The van der Waals surface area contributed by atoms with Gasteiger partial charge in [-0.2, -0.15) is 0 Å². The molecule has 1 aromatic rings. The van der Waals surface area contributed by atoms with Crippen LogP contribution in [-0.4, -0.2) is 22.4 Å². The van der Waals surface area contributed by atoms with Gasteiger partial charge in [-0.3, -0.25) is 4.99 Å². The van der Waals surface area contributed by atoms with E-state index in [1.807, 2.05) is 4.90 Å². The molecule has 1 fully saturated rings. The number of aliphatic hydroxyl groups is 1. The Kier molecular flexibility index (Phi) is 3.92. The van der Waals surface area contributed by atoms with Crippen LogP contribution in [0.2, 0.25) is 0 Å². The third kappa shape index (κ3) is 3.24. The fraction of sp³-hybridized carbons (Fsp3) is 0.438. The molecule has 3 rings (SSSR count). The van der Waals surface area contributed by atoms with Gasteiger partial charge in [-0.25, -0.2) is 4.39 Å². The smallest absolute Gasteiger partial charge is 0.163 e. The maximum absolute atomic E-state index is 13.4. The molecule has 0 saturated heterocycles. The van der Waals surface area contributed by atoms with Gasteiger partial charge < -0.3 is 15.7 Å². The number of nitrogens with two attached hydrogens (primary N) is 1. The molecule has 1 aromatic carbocycles. The normalized spacial score (nSPS) is 22.6. The van der Waals surface area contributed by atoms with Gasteiger partial charge in [-0.1, -0.05) is 18.9 Å². The average Bonchev–Trinajstić information content (AvgIpc) is 3.29. The summed E-state index contributed by atoms with van der Waals surface area (Å²) in [5.41, 5.74) is 6.76. The summed E-state index contributed by atoms with van der Waals surface area (Å²) >= 11 is 0. The second-order valence-electron chi connectivity index (χ2n) is 5.77. The number of nitrogens with zero attached hydrogens (tertiary/aromatic N) is 2.